The van der Waals surface area contributed by atoms with Crippen LogP contribution in [0.1, 0.15) is 23.7 Å². The van der Waals surface area contributed by atoms with Crippen LogP contribution in [0.25, 0.3) is 0 Å². The van der Waals surface area contributed by atoms with Gasteiger partial charge in [0, 0.05) is 18.7 Å². The molecule has 1 saturated heterocycles. The highest BCUT2D eigenvalue weighted by Gasteiger charge is 2.38. The minimum absolute atomic E-state index is 0. The van der Waals surface area contributed by atoms with E-state index in [-0.39, 0.29) is 28.3 Å². The molecule has 118 valence electrons. The Hall–Kier alpha value is -1.15. The SMILES string of the molecule is CC1(CN)CCN(S(=O)(=O)c2ccc(C(N)=O)cc2)C1.Cl. The van der Waals surface area contributed by atoms with Gasteiger partial charge in [-0.2, -0.15) is 4.31 Å². The van der Waals surface area contributed by atoms with E-state index < -0.39 is 15.9 Å². The van der Waals surface area contributed by atoms with Crippen LogP contribution >= 0.6 is 12.4 Å². The minimum atomic E-state index is -3.54. The zero-order chi connectivity index (χ0) is 15.0. The van der Waals surface area contributed by atoms with E-state index >= 15 is 0 Å². The van der Waals surface area contributed by atoms with Crippen molar-refractivity contribution in [2.24, 2.45) is 16.9 Å². The molecule has 21 heavy (non-hydrogen) atoms. The lowest BCUT2D eigenvalue weighted by Crippen LogP contribution is -2.34. The Morgan fingerprint density at radius 1 is 1.33 bits per heavy atom. The Balaban J connectivity index is 0.00000220. The van der Waals surface area contributed by atoms with Gasteiger partial charge < -0.3 is 11.5 Å². The van der Waals surface area contributed by atoms with Gasteiger partial charge in [0.1, 0.15) is 0 Å². The summed E-state index contributed by atoms with van der Waals surface area (Å²) in [4.78, 5) is 11.2. The van der Waals surface area contributed by atoms with Crippen molar-refractivity contribution >= 4 is 28.3 Å². The van der Waals surface area contributed by atoms with Crippen LogP contribution in [0.2, 0.25) is 0 Å². The normalized spacial score (nSPS) is 22.8. The molecule has 0 spiro atoms. The first-order valence-electron chi connectivity index (χ1n) is 6.39. The monoisotopic (exact) mass is 333 g/mol. The van der Waals surface area contributed by atoms with Gasteiger partial charge in [0.15, 0.2) is 0 Å². The van der Waals surface area contributed by atoms with Crippen molar-refractivity contribution in [2.45, 2.75) is 18.2 Å². The van der Waals surface area contributed by atoms with Crippen molar-refractivity contribution in [2.75, 3.05) is 19.6 Å². The Bertz CT molecular complexity index is 618. The van der Waals surface area contributed by atoms with Crippen LogP contribution in [0, 0.1) is 5.41 Å². The fourth-order valence-corrected chi connectivity index (χ4v) is 3.88. The summed E-state index contributed by atoms with van der Waals surface area (Å²) in [5.74, 6) is -0.578. The molecular formula is C13H20ClN3O3S. The third-order valence-electron chi connectivity index (χ3n) is 3.79. The first-order chi connectivity index (χ1) is 9.28. The van der Waals surface area contributed by atoms with Crippen LogP contribution in [0.4, 0.5) is 0 Å². The lowest BCUT2D eigenvalue weighted by Gasteiger charge is -2.22. The Morgan fingerprint density at radius 3 is 2.33 bits per heavy atom. The fourth-order valence-electron chi connectivity index (χ4n) is 2.29. The fraction of sp³-hybridized carbons (Fsp3) is 0.462. The number of primary amides is 1. The average molecular weight is 334 g/mol. The number of nitrogens with zero attached hydrogens (tertiary/aromatic N) is 1. The number of hydrogen-bond donors (Lipinski definition) is 2. The summed E-state index contributed by atoms with van der Waals surface area (Å²) >= 11 is 0. The van der Waals surface area contributed by atoms with Gasteiger partial charge in [-0.25, -0.2) is 8.42 Å². The summed E-state index contributed by atoms with van der Waals surface area (Å²) in [7, 11) is -3.54. The number of sulfonamides is 1. The Morgan fingerprint density at radius 2 is 1.90 bits per heavy atom. The van der Waals surface area contributed by atoms with Crippen molar-refractivity contribution in [1.82, 2.24) is 4.31 Å². The molecule has 1 heterocycles. The summed E-state index contributed by atoms with van der Waals surface area (Å²) in [5.41, 5.74) is 11.0. The molecule has 1 fully saturated rings. The molecule has 1 unspecified atom stereocenters. The zero-order valence-corrected chi connectivity index (χ0v) is 13.4. The summed E-state index contributed by atoms with van der Waals surface area (Å²) < 4.78 is 26.4. The minimum Gasteiger partial charge on any atom is -0.366 e. The van der Waals surface area contributed by atoms with Crippen molar-refractivity contribution in [3.63, 3.8) is 0 Å². The largest absolute Gasteiger partial charge is 0.366 e. The molecule has 1 aliphatic rings. The van der Waals surface area contributed by atoms with E-state index in [1.54, 1.807) is 0 Å². The van der Waals surface area contributed by atoms with Crippen molar-refractivity contribution < 1.29 is 13.2 Å². The number of halogens is 1. The maximum Gasteiger partial charge on any atom is 0.248 e. The van der Waals surface area contributed by atoms with Crippen LogP contribution in [0.15, 0.2) is 29.2 Å². The quantitative estimate of drug-likeness (QED) is 0.839. The molecule has 2 rings (SSSR count). The molecule has 6 nitrogen and oxygen atoms in total. The standard InChI is InChI=1S/C13H19N3O3S.ClH/c1-13(8-14)6-7-16(9-13)20(18,19)11-4-2-10(3-5-11)12(15)17;/h2-5H,6-9,14H2,1H3,(H2,15,17);1H. The number of nitrogens with two attached hydrogens (primary N) is 2. The van der Waals surface area contributed by atoms with E-state index in [0.29, 0.717) is 19.6 Å². The van der Waals surface area contributed by atoms with Gasteiger partial charge in [0.25, 0.3) is 0 Å². The predicted octanol–water partition coefficient (Wildman–Crippen LogP) is 0.567. The van der Waals surface area contributed by atoms with Crippen LogP contribution < -0.4 is 11.5 Å². The third-order valence-corrected chi connectivity index (χ3v) is 5.65. The van der Waals surface area contributed by atoms with Crippen molar-refractivity contribution in [3.8, 4) is 0 Å². The van der Waals surface area contributed by atoms with Gasteiger partial charge in [0.05, 0.1) is 4.90 Å². The second kappa shape index (κ2) is 6.31. The van der Waals surface area contributed by atoms with Gasteiger partial charge >= 0.3 is 0 Å². The highest BCUT2D eigenvalue weighted by Crippen LogP contribution is 2.32. The Labute approximate surface area is 130 Å². The van der Waals surface area contributed by atoms with Gasteiger partial charge in [-0.3, -0.25) is 4.79 Å². The molecule has 0 radical (unpaired) electrons. The number of hydrogen-bond acceptors (Lipinski definition) is 4. The molecular weight excluding hydrogens is 314 g/mol. The maximum atomic E-state index is 12.5. The predicted molar refractivity (Wildman–Crippen MR) is 82.7 cm³/mol. The summed E-state index contributed by atoms with van der Waals surface area (Å²) in [5, 5.41) is 0. The van der Waals surface area contributed by atoms with E-state index in [1.807, 2.05) is 6.92 Å². The highest BCUT2D eigenvalue weighted by molar-refractivity contribution is 7.89. The molecule has 0 aliphatic carbocycles. The van der Waals surface area contributed by atoms with Gasteiger partial charge in [-0.1, -0.05) is 6.92 Å². The smallest absolute Gasteiger partial charge is 0.248 e. The Kier molecular flexibility index (Phi) is 5.38. The van der Waals surface area contributed by atoms with E-state index in [2.05, 4.69) is 0 Å². The van der Waals surface area contributed by atoms with Crippen LogP contribution in [-0.4, -0.2) is 38.3 Å². The zero-order valence-electron chi connectivity index (χ0n) is 11.8. The van der Waals surface area contributed by atoms with Crippen LogP contribution in [0.3, 0.4) is 0 Å². The summed E-state index contributed by atoms with van der Waals surface area (Å²) in [6.07, 6.45) is 0.752. The van der Waals surface area contributed by atoms with Crippen LogP contribution in [0.5, 0.6) is 0 Å². The number of amides is 1. The molecule has 8 heteroatoms. The molecule has 4 N–H and O–H groups in total. The molecule has 0 bridgehead atoms. The molecule has 1 amide bonds. The van der Waals surface area contributed by atoms with E-state index in [0.717, 1.165) is 6.42 Å². The van der Waals surface area contributed by atoms with Crippen LogP contribution in [-0.2, 0) is 10.0 Å². The lowest BCUT2D eigenvalue weighted by atomic mass is 9.90. The molecule has 0 aromatic heterocycles. The van der Waals surface area contributed by atoms with Gasteiger partial charge in [0.2, 0.25) is 15.9 Å². The molecule has 1 aromatic rings. The van der Waals surface area contributed by atoms with E-state index in [9.17, 15) is 13.2 Å². The second-order valence-electron chi connectivity index (χ2n) is 5.49. The summed E-state index contributed by atoms with van der Waals surface area (Å²) in [6, 6.07) is 5.67. The molecule has 1 aromatic carbocycles. The topological polar surface area (TPSA) is 106 Å². The lowest BCUT2D eigenvalue weighted by molar-refractivity contribution is 0.1000. The first kappa shape index (κ1) is 17.9. The maximum absolute atomic E-state index is 12.5. The number of rotatable bonds is 4. The third kappa shape index (κ3) is 3.55. The van der Waals surface area contributed by atoms with Crippen molar-refractivity contribution in [1.29, 1.82) is 0 Å². The molecule has 1 atom stereocenters. The molecule has 0 saturated carbocycles. The second-order valence-corrected chi connectivity index (χ2v) is 7.43. The first-order valence-corrected chi connectivity index (χ1v) is 7.83. The number of carbonyl (C=O) groups excluding carboxylic acids is 1. The van der Waals surface area contributed by atoms with Gasteiger partial charge in [-0.05, 0) is 42.6 Å². The highest BCUT2D eigenvalue weighted by atomic mass is 35.5. The number of benzene rings is 1. The average Bonchev–Trinajstić information content (AvgIpc) is 2.83. The molecule has 1 aliphatic heterocycles. The van der Waals surface area contributed by atoms with Crippen molar-refractivity contribution in [3.05, 3.63) is 29.8 Å². The van der Waals surface area contributed by atoms with E-state index in [1.165, 1.54) is 28.6 Å². The number of carbonyl (C=O) groups is 1. The van der Waals surface area contributed by atoms with Gasteiger partial charge in [-0.15, -0.1) is 12.4 Å². The summed E-state index contributed by atoms with van der Waals surface area (Å²) in [6.45, 7) is 3.33. The van der Waals surface area contributed by atoms with E-state index in [4.69, 9.17) is 11.5 Å².